The van der Waals surface area contributed by atoms with Crippen LogP contribution in [0.15, 0.2) is 18.2 Å². The number of hydrogen-bond acceptors (Lipinski definition) is 2. The van der Waals surface area contributed by atoms with Crippen LogP contribution in [0.25, 0.3) is 0 Å². The first-order valence-electron chi connectivity index (χ1n) is 6.22. The Morgan fingerprint density at radius 1 is 1.50 bits per heavy atom. The fourth-order valence-corrected chi connectivity index (χ4v) is 2.07. The van der Waals surface area contributed by atoms with Gasteiger partial charge in [0.1, 0.15) is 5.75 Å². The molecule has 2 N–H and O–H groups in total. The number of fused-ring (bicyclic) bond motifs is 1. The first kappa shape index (κ1) is 11.5. The molecule has 0 fully saturated rings. The highest BCUT2D eigenvalue weighted by Gasteiger charge is 2.19. The number of rotatable bonds is 4. The van der Waals surface area contributed by atoms with Gasteiger partial charge in [-0.05, 0) is 42.0 Å². The summed E-state index contributed by atoms with van der Waals surface area (Å²) in [6.07, 6.45) is 3.33. The highest BCUT2D eigenvalue weighted by atomic mass is 16.5. The van der Waals surface area contributed by atoms with Crippen molar-refractivity contribution in [1.29, 1.82) is 0 Å². The van der Waals surface area contributed by atoms with E-state index < -0.39 is 0 Å². The molecule has 2 nitrogen and oxygen atoms in total. The maximum atomic E-state index is 6.00. The third-order valence-electron chi connectivity index (χ3n) is 3.47. The van der Waals surface area contributed by atoms with Gasteiger partial charge < -0.3 is 10.5 Å². The molecule has 1 unspecified atom stereocenters. The minimum atomic E-state index is 0.235. The van der Waals surface area contributed by atoms with Crippen molar-refractivity contribution in [2.75, 3.05) is 6.61 Å². The zero-order valence-electron chi connectivity index (χ0n) is 10.2. The van der Waals surface area contributed by atoms with Gasteiger partial charge in [0, 0.05) is 6.04 Å². The van der Waals surface area contributed by atoms with Crippen LogP contribution in [-0.4, -0.2) is 6.61 Å². The average molecular weight is 219 g/mol. The molecule has 0 saturated heterocycles. The highest BCUT2D eigenvalue weighted by Crippen LogP contribution is 2.31. The lowest BCUT2D eigenvalue weighted by Crippen LogP contribution is -2.08. The van der Waals surface area contributed by atoms with Crippen molar-refractivity contribution in [3.8, 4) is 5.75 Å². The van der Waals surface area contributed by atoms with E-state index in [1.807, 2.05) is 6.07 Å². The van der Waals surface area contributed by atoms with Gasteiger partial charge in [-0.3, -0.25) is 0 Å². The van der Waals surface area contributed by atoms with Gasteiger partial charge in [-0.25, -0.2) is 0 Å². The first-order chi connectivity index (χ1) is 7.70. The van der Waals surface area contributed by atoms with Gasteiger partial charge in [0.15, 0.2) is 0 Å². The van der Waals surface area contributed by atoms with Crippen molar-refractivity contribution in [3.05, 3.63) is 29.3 Å². The molecule has 1 aliphatic rings. The molecular weight excluding hydrogens is 198 g/mol. The van der Waals surface area contributed by atoms with Gasteiger partial charge in [0.05, 0.1) is 6.61 Å². The van der Waals surface area contributed by atoms with E-state index >= 15 is 0 Å². The zero-order valence-corrected chi connectivity index (χ0v) is 10.2. The molecule has 1 aromatic carbocycles. The molecule has 2 rings (SSSR count). The SMILES string of the molecule is CCC(C)COc1ccc2c(c1)CC[C@@H]2N. The highest BCUT2D eigenvalue weighted by molar-refractivity contribution is 5.40. The van der Waals surface area contributed by atoms with Crippen LogP contribution in [0.1, 0.15) is 43.9 Å². The monoisotopic (exact) mass is 219 g/mol. The summed E-state index contributed by atoms with van der Waals surface area (Å²) < 4.78 is 5.78. The van der Waals surface area contributed by atoms with Crippen LogP contribution in [0.5, 0.6) is 5.75 Å². The Hall–Kier alpha value is -1.02. The number of ether oxygens (including phenoxy) is 1. The standard InChI is InChI=1S/C14H21NO/c1-3-10(2)9-16-12-5-6-13-11(8-12)4-7-14(13)15/h5-6,8,10,14H,3-4,7,9,15H2,1-2H3/t10?,14-/m0/s1. The quantitative estimate of drug-likeness (QED) is 0.844. The molecule has 0 heterocycles. The normalized spacial score (nSPS) is 20.6. The summed E-state index contributed by atoms with van der Waals surface area (Å²) in [5.74, 6) is 1.61. The van der Waals surface area contributed by atoms with Crippen LogP contribution < -0.4 is 10.5 Å². The summed E-state index contributed by atoms with van der Waals surface area (Å²) in [7, 11) is 0. The second-order valence-electron chi connectivity index (χ2n) is 4.83. The van der Waals surface area contributed by atoms with Crippen molar-refractivity contribution >= 4 is 0 Å². The molecule has 0 aromatic heterocycles. The molecule has 0 saturated carbocycles. The van der Waals surface area contributed by atoms with Crippen molar-refractivity contribution in [2.24, 2.45) is 11.7 Å². The van der Waals surface area contributed by atoms with E-state index in [0.29, 0.717) is 5.92 Å². The molecule has 0 amide bonds. The predicted octanol–water partition coefficient (Wildman–Crippen LogP) is 3.06. The summed E-state index contributed by atoms with van der Waals surface area (Å²) in [6, 6.07) is 6.56. The van der Waals surface area contributed by atoms with Gasteiger partial charge >= 0.3 is 0 Å². The predicted molar refractivity (Wildman–Crippen MR) is 66.6 cm³/mol. The van der Waals surface area contributed by atoms with E-state index in [4.69, 9.17) is 10.5 Å². The summed E-state index contributed by atoms with van der Waals surface area (Å²) in [6.45, 7) is 5.21. The molecule has 1 aliphatic carbocycles. The largest absolute Gasteiger partial charge is 0.493 e. The maximum absolute atomic E-state index is 6.00. The van der Waals surface area contributed by atoms with Gasteiger partial charge in [0.25, 0.3) is 0 Å². The summed E-state index contributed by atoms with van der Waals surface area (Å²) in [4.78, 5) is 0. The average Bonchev–Trinajstić information content (AvgIpc) is 2.67. The van der Waals surface area contributed by atoms with E-state index in [1.165, 1.54) is 11.1 Å². The van der Waals surface area contributed by atoms with E-state index in [9.17, 15) is 0 Å². The minimum Gasteiger partial charge on any atom is -0.493 e. The molecule has 0 spiro atoms. The molecule has 16 heavy (non-hydrogen) atoms. The Bertz CT molecular complexity index is 362. The maximum Gasteiger partial charge on any atom is 0.119 e. The number of benzene rings is 1. The molecule has 0 radical (unpaired) electrons. The van der Waals surface area contributed by atoms with Crippen molar-refractivity contribution in [2.45, 2.75) is 39.2 Å². The molecule has 0 bridgehead atoms. The van der Waals surface area contributed by atoms with Crippen LogP contribution in [0.3, 0.4) is 0 Å². The number of nitrogens with two attached hydrogens (primary N) is 1. The lowest BCUT2D eigenvalue weighted by Gasteiger charge is -2.12. The fourth-order valence-electron chi connectivity index (χ4n) is 2.07. The minimum absolute atomic E-state index is 0.235. The van der Waals surface area contributed by atoms with Crippen molar-refractivity contribution < 1.29 is 4.74 Å². The first-order valence-corrected chi connectivity index (χ1v) is 6.22. The van der Waals surface area contributed by atoms with Crippen molar-refractivity contribution in [1.82, 2.24) is 0 Å². The molecule has 0 aliphatic heterocycles. The molecular formula is C14H21NO. The van der Waals surface area contributed by atoms with Gasteiger partial charge in [-0.2, -0.15) is 0 Å². The van der Waals surface area contributed by atoms with Crippen molar-refractivity contribution in [3.63, 3.8) is 0 Å². The molecule has 2 heteroatoms. The molecule has 88 valence electrons. The van der Waals surface area contributed by atoms with Gasteiger partial charge in [-0.15, -0.1) is 0 Å². The van der Waals surface area contributed by atoms with Gasteiger partial charge in [0.2, 0.25) is 0 Å². The van der Waals surface area contributed by atoms with E-state index in [1.54, 1.807) is 0 Å². The van der Waals surface area contributed by atoms with E-state index in [0.717, 1.165) is 31.6 Å². The second-order valence-corrected chi connectivity index (χ2v) is 4.83. The lowest BCUT2D eigenvalue weighted by atomic mass is 10.1. The zero-order chi connectivity index (χ0) is 11.5. The van der Waals surface area contributed by atoms with Crippen LogP contribution in [0.2, 0.25) is 0 Å². The van der Waals surface area contributed by atoms with Gasteiger partial charge in [-0.1, -0.05) is 26.3 Å². The fraction of sp³-hybridized carbons (Fsp3) is 0.571. The topological polar surface area (TPSA) is 35.2 Å². The Morgan fingerprint density at radius 3 is 3.06 bits per heavy atom. The number of aryl methyl sites for hydroxylation is 1. The van der Waals surface area contributed by atoms with E-state index in [2.05, 4.69) is 26.0 Å². The summed E-state index contributed by atoms with van der Waals surface area (Å²) in [5, 5.41) is 0. The Morgan fingerprint density at radius 2 is 2.31 bits per heavy atom. The molecule has 2 atom stereocenters. The number of hydrogen-bond donors (Lipinski definition) is 1. The molecule has 1 aromatic rings. The third-order valence-corrected chi connectivity index (χ3v) is 3.47. The second kappa shape index (κ2) is 4.88. The lowest BCUT2D eigenvalue weighted by molar-refractivity contribution is 0.256. The van der Waals surface area contributed by atoms with Crippen LogP contribution in [-0.2, 0) is 6.42 Å². The Labute approximate surface area is 97.8 Å². The third kappa shape index (κ3) is 2.38. The van der Waals surface area contributed by atoms with Crippen LogP contribution in [0, 0.1) is 5.92 Å². The van der Waals surface area contributed by atoms with Crippen LogP contribution in [0.4, 0.5) is 0 Å². The van der Waals surface area contributed by atoms with Crippen LogP contribution >= 0.6 is 0 Å². The smallest absolute Gasteiger partial charge is 0.119 e. The Balaban J connectivity index is 2.02. The summed E-state index contributed by atoms with van der Waals surface area (Å²) >= 11 is 0. The summed E-state index contributed by atoms with van der Waals surface area (Å²) in [5.41, 5.74) is 8.67. The Kier molecular flexibility index (Phi) is 3.49. The van der Waals surface area contributed by atoms with E-state index in [-0.39, 0.29) is 6.04 Å².